The Morgan fingerprint density at radius 3 is 2.41 bits per heavy atom. The van der Waals surface area contributed by atoms with Crippen LogP contribution in [-0.2, 0) is 10.0 Å². The summed E-state index contributed by atoms with van der Waals surface area (Å²) in [5, 5.41) is 7.72. The molecule has 0 aromatic carbocycles. The molecule has 0 aliphatic heterocycles. The molecule has 0 amide bonds. The lowest BCUT2D eigenvalue weighted by Crippen LogP contribution is -2.26. The Kier molecular flexibility index (Phi) is 4.72. The van der Waals surface area contributed by atoms with Gasteiger partial charge in [-0.15, -0.1) is 10.2 Å². The molecular weight excluding hydrogens is 304 g/mol. The van der Waals surface area contributed by atoms with Crippen molar-refractivity contribution in [3.63, 3.8) is 0 Å². The molecule has 0 radical (unpaired) electrons. The molecule has 0 fully saturated rings. The van der Waals surface area contributed by atoms with Gasteiger partial charge in [-0.3, -0.25) is 0 Å². The predicted octanol–water partition coefficient (Wildman–Crippen LogP) is 2.31. The lowest BCUT2D eigenvalue weighted by molar-refractivity contribution is 0.529. The van der Waals surface area contributed by atoms with Crippen molar-refractivity contribution in [2.75, 3.05) is 6.54 Å². The van der Waals surface area contributed by atoms with Crippen LogP contribution in [0.2, 0.25) is 0 Å². The van der Waals surface area contributed by atoms with Gasteiger partial charge in [0.05, 0.1) is 5.56 Å². The highest BCUT2D eigenvalue weighted by molar-refractivity contribution is 7.89. The van der Waals surface area contributed by atoms with E-state index in [0.717, 1.165) is 6.42 Å². The van der Waals surface area contributed by atoms with Crippen LogP contribution < -0.4 is 4.72 Å². The Balaban J connectivity index is 2.42. The molecular formula is C14H22N4O3S. The average Bonchev–Trinajstić information content (AvgIpc) is 2.92. The second kappa shape index (κ2) is 6.21. The topological polar surface area (TPSA) is 101 Å². The van der Waals surface area contributed by atoms with Crippen molar-refractivity contribution in [1.82, 2.24) is 19.9 Å². The van der Waals surface area contributed by atoms with Crippen LogP contribution in [0.25, 0.3) is 11.5 Å². The first-order valence-electron chi connectivity index (χ1n) is 7.21. The Labute approximate surface area is 130 Å². The molecule has 0 bridgehead atoms. The molecule has 0 aliphatic carbocycles. The lowest BCUT2D eigenvalue weighted by Gasteiger charge is -2.09. The minimum atomic E-state index is -3.64. The summed E-state index contributed by atoms with van der Waals surface area (Å²) in [6.07, 6.45) is 0.774. The van der Waals surface area contributed by atoms with E-state index in [2.05, 4.69) is 19.9 Å². The van der Waals surface area contributed by atoms with Crippen molar-refractivity contribution in [2.24, 2.45) is 5.92 Å². The third-order valence-corrected chi connectivity index (χ3v) is 4.97. The number of aryl methyl sites for hydroxylation is 3. The number of aromatic amines is 1. The fourth-order valence-corrected chi connectivity index (χ4v) is 3.80. The van der Waals surface area contributed by atoms with Gasteiger partial charge in [0, 0.05) is 24.9 Å². The fraction of sp³-hybridized carbons (Fsp3) is 0.571. The number of hydrogen-bond donors (Lipinski definition) is 2. The van der Waals surface area contributed by atoms with Crippen molar-refractivity contribution in [1.29, 1.82) is 0 Å². The molecule has 0 atom stereocenters. The van der Waals surface area contributed by atoms with E-state index in [0.29, 0.717) is 35.3 Å². The molecule has 0 unspecified atom stereocenters. The summed E-state index contributed by atoms with van der Waals surface area (Å²) in [5.41, 5.74) is 1.68. The number of hydrogen-bond acceptors (Lipinski definition) is 5. The minimum Gasteiger partial charge on any atom is -0.421 e. The summed E-state index contributed by atoms with van der Waals surface area (Å²) in [5.74, 6) is 1.03. The molecule has 2 rings (SSSR count). The molecule has 0 saturated heterocycles. The van der Waals surface area contributed by atoms with E-state index in [4.69, 9.17) is 4.42 Å². The van der Waals surface area contributed by atoms with Gasteiger partial charge in [-0.05, 0) is 26.2 Å². The Bertz CT molecular complexity index is 759. The van der Waals surface area contributed by atoms with Crippen LogP contribution in [0.15, 0.2) is 9.31 Å². The maximum absolute atomic E-state index is 12.6. The van der Waals surface area contributed by atoms with Crippen LogP contribution >= 0.6 is 0 Å². The van der Waals surface area contributed by atoms with Gasteiger partial charge in [0.2, 0.25) is 15.9 Å². The van der Waals surface area contributed by atoms with Gasteiger partial charge >= 0.3 is 0 Å². The SMILES string of the molecule is Cc1nnc(-c2c(C)[nH]c(C)c2S(=O)(=O)NCCC(C)C)o1. The number of nitrogens with zero attached hydrogens (tertiary/aromatic N) is 2. The molecule has 2 heterocycles. The molecule has 2 aromatic heterocycles. The van der Waals surface area contributed by atoms with Crippen LogP contribution in [0.5, 0.6) is 0 Å². The maximum atomic E-state index is 12.6. The molecule has 0 aliphatic rings. The molecule has 122 valence electrons. The van der Waals surface area contributed by atoms with Crippen LogP contribution in [0, 0.1) is 26.7 Å². The predicted molar refractivity (Wildman–Crippen MR) is 82.9 cm³/mol. The Morgan fingerprint density at radius 1 is 1.18 bits per heavy atom. The number of aromatic nitrogens is 3. The normalized spacial score (nSPS) is 12.3. The zero-order valence-electron chi connectivity index (χ0n) is 13.5. The van der Waals surface area contributed by atoms with Crippen molar-refractivity contribution in [3.05, 3.63) is 17.3 Å². The van der Waals surface area contributed by atoms with Crippen LogP contribution in [-0.4, -0.2) is 30.1 Å². The smallest absolute Gasteiger partial charge is 0.250 e. The number of rotatable bonds is 6. The third kappa shape index (κ3) is 3.38. The summed E-state index contributed by atoms with van der Waals surface area (Å²) in [6, 6.07) is 0. The summed E-state index contributed by atoms with van der Waals surface area (Å²) < 4.78 is 33.3. The van der Waals surface area contributed by atoms with E-state index in [1.807, 2.05) is 13.8 Å². The Morgan fingerprint density at radius 2 is 1.86 bits per heavy atom. The first kappa shape index (κ1) is 16.7. The van der Waals surface area contributed by atoms with E-state index in [1.54, 1.807) is 20.8 Å². The van der Waals surface area contributed by atoms with E-state index in [1.165, 1.54) is 0 Å². The van der Waals surface area contributed by atoms with Gasteiger partial charge in [-0.2, -0.15) is 0 Å². The summed E-state index contributed by atoms with van der Waals surface area (Å²) >= 11 is 0. The number of nitrogens with one attached hydrogen (secondary N) is 2. The van der Waals surface area contributed by atoms with Gasteiger partial charge in [0.15, 0.2) is 0 Å². The fourth-order valence-electron chi connectivity index (χ4n) is 2.30. The number of H-pyrrole nitrogens is 1. The van der Waals surface area contributed by atoms with Crippen LogP contribution in [0.1, 0.15) is 37.5 Å². The van der Waals surface area contributed by atoms with Crippen molar-refractivity contribution in [3.8, 4) is 11.5 Å². The maximum Gasteiger partial charge on any atom is 0.250 e. The van der Waals surface area contributed by atoms with Gasteiger partial charge in [-0.1, -0.05) is 13.8 Å². The van der Waals surface area contributed by atoms with Crippen molar-refractivity contribution >= 4 is 10.0 Å². The Hall–Kier alpha value is -1.67. The molecule has 0 spiro atoms. The second-order valence-corrected chi connectivity index (χ2v) is 7.49. The van der Waals surface area contributed by atoms with Crippen molar-refractivity contribution < 1.29 is 12.8 Å². The summed E-state index contributed by atoms with van der Waals surface area (Å²) in [4.78, 5) is 3.22. The zero-order valence-corrected chi connectivity index (χ0v) is 14.3. The highest BCUT2D eigenvalue weighted by Gasteiger charge is 2.28. The first-order valence-corrected chi connectivity index (χ1v) is 8.70. The summed E-state index contributed by atoms with van der Waals surface area (Å²) in [6.45, 7) is 9.66. The molecule has 2 N–H and O–H groups in total. The lowest BCUT2D eigenvalue weighted by atomic mass is 10.1. The quantitative estimate of drug-likeness (QED) is 0.848. The van der Waals surface area contributed by atoms with E-state index in [-0.39, 0.29) is 10.8 Å². The van der Waals surface area contributed by atoms with Crippen LogP contribution in [0.3, 0.4) is 0 Å². The first-order chi connectivity index (χ1) is 10.2. The van der Waals surface area contributed by atoms with Crippen LogP contribution in [0.4, 0.5) is 0 Å². The summed E-state index contributed by atoms with van der Waals surface area (Å²) in [7, 11) is -3.64. The minimum absolute atomic E-state index is 0.178. The van der Waals surface area contributed by atoms with Gasteiger partial charge in [-0.25, -0.2) is 13.1 Å². The molecule has 2 aromatic rings. The molecule has 22 heavy (non-hydrogen) atoms. The molecule has 8 heteroatoms. The third-order valence-electron chi connectivity index (χ3n) is 3.34. The highest BCUT2D eigenvalue weighted by Crippen LogP contribution is 2.32. The van der Waals surface area contributed by atoms with Gasteiger partial charge < -0.3 is 9.40 Å². The zero-order chi connectivity index (χ0) is 16.5. The largest absolute Gasteiger partial charge is 0.421 e. The van der Waals surface area contributed by atoms with E-state index in [9.17, 15) is 8.42 Å². The monoisotopic (exact) mass is 326 g/mol. The number of sulfonamides is 1. The van der Waals surface area contributed by atoms with E-state index >= 15 is 0 Å². The standard InChI is InChI=1S/C14H22N4O3S/c1-8(2)6-7-15-22(19,20)13-10(4)16-9(3)12(13)14-18-17-11(5)21-14/h8,15-16H,6-7H2,1-5H3. The average molecular weight is 326 g/mol. The van der Waals surface area contributed by atoms with E-state index < -0.39 is 10.0 Å². The van der Waals surface area contributed by atoms with Gasteiger partial charge in [0.25, 0.3) is 5.89 Å². The second-order valence-electron chi connectivity index (χ2n) is 5.79. The molecule has 7 nitrogen and oxygen atoms in total. The van der Waals surface area contributed by atoms with Crippen molar-refractivity contribution in [2.45, 2.75) is 45.9 Å². The van der Waals surface area contributed by atoms with Gasteiger partial charge in [0.1, 0.15) is 4.90 Å². The highest BCUT2D eigenvalue weighted by atomic mass is 32.2. The molecule has 0 saturated carbocycles.